The van der Waals surface area contributed by atoms with E-state index < -0.39 is 21.9 Å². The Hall–Kier alpha value is -1.49. The first-order chi connectivity index (χ1) is 8.40. The molecular formula is C11H13FN2O3S. The summed E-state index contributed by atoms with van der Waals surface area (Å²) in [4.78, 5) is -0.150. The molecule has 0 fully saturated rings. The van der Waals surface area contributed by atoms with E-state index in [1.165, 1.54) is 7.11 Å². The standard InChI is InChI=1S/C11H13FN2O3S/c1-8(7-17-2)14-18(15,16)10-3-4-11(12)9(5-10)6-13/h3-5,8,14H,7H2,1-2H3. The summed E-state index contributed by atoms with van der Waals surface area (Å²) in [6.07, 6.45) is 0. The van der Waals surface area contributed by atoms with Crippen LogP contribution in [0.4, 0.5) is 4.39 Å². The zero-order valence-corrected chi connectivity index (χ0v) is 10.8. The van der Waals surface area contributed by atoms with Gasteiger partial charge in [-0.05, 0) is 25.1 Å². The highest BCUT2D eigenvalue weighted by Crippen LogP contribution is 2.14. The van der Waals surface area contributed by atoms with Gasteiger partial charge in [0.15, 0.2) is 0 Å². The maximum absolute atomic E-state index is 13.1. The Morgan fingerprint density at radius 3 is 2.78 bits per heavy atom. The number of hydrogen-bond donors (Lipinski definition) is 1. The van der Waals surface area contributed by atoms with Gasteiger partial charge >= 0.3 is 0 Å². The molecule has 0 radical (unpaired) electrons. The minimum absolute atomic E-state index is 0.150. The van der Waals surface area contributed by atoms with Gasteiger partial charge in [-0.3, -0.25) is 0 Å². The number of hydrogen-bond acceptors (Lipinski definition) is 4. The molecule has 18 heavy (non-hydrogen) atoms. The average molecular weight is 272 g/mol. The predicted molar refractivity (Wildman–Crippen MR) is 62.8 cm³/mol. The molecule has 0 saturated carbocycles. The van der Waals surface area contributed by atoms with E-state index in [1.54, 1.807) is 13.0 Å². The van der Waals surface area contributed by atoms with Gasteiger partial charge in [0, 0.05) is 13.2 Å². The first-order valence-corrected chi connectivity index (χ1v) is 6.60. The quantitative estimate of drug-likeness (QED) is 0.867. The van der Waals surface area contributed by atoms with Crippen molar-refractivity contribution in [1.29, 1.82) is 5.26 Å². The van der Waals surface area contributed by atoms with Crippen LogP contribution in [0.2, 0.25) is 0 Å². The molecule has 98 valence electrons. The van der Waals surface area contributed by atoms with Crippen LogP contribution < -0.4 is 4.72 Å². The summed E-state index contributed by atoms with van der Waals surface area (Å²) in [7, 11) is -2.32. The van der Waals surface area contributed by atoms with E-state index in [-0.39, 0.29) is 17.1 Å². The Labute approximate surface area is 105 Å². The van der Waals surface area contributed by atoms with E-state index in [4.69, 9.17) is 10.00 Å². The number of ether oxygens (including phenoxy) is 1. The minimum atomic E-state index is -3.78. The third kappa shape index (κ3) is 3.50. The van der Waals surface area contributed by atoms with E-state index in [0.29, 0.717) is 0 Å². The van der Waals surface area contributed by atoms with E-state index >= 15 is 0 Å². The molecule has 1 atom stereocenters. The Kier molecular flexibility index (Phi) is 4.78. The SMILES string of the molecule is COCC(C)NS(=O)(=O)c1ccc(F)c(C#N)c1. The van der Waals surface area contributed by atoms with Crippen LogP contribution in [0.1, 0.15) is 12.5 Å². The third-order valence-corrected chi connectivity index (χ3v) is 3.73. The van der Waals surface area contributed by atoms with Gasteiger partial charge in [-0.2, -0.15) is 5.26 Å². The van der Waals surface area contributed by atoms with Crippen molar-refractivity contribution in [3.05, 3.63) is 29.6 Å². The summed E-state index contributed by atoms with van der Waals surface area (Å²) >= 11 is 0. The van der Waals surface area contributed by atoms with Gasteiger partial charge in [0.25, 0.3) is 0 Å². The second-order valence-corrected chi connectivity index (χ2v) is 5.45. The fourth-order valence-corrected chi connectivity index (χ4v) is 2.63. The highest BCUT2D eigenvalue weighted by atomic mass is 32.2. The maximum atomic E-state index is 13.1. The molecule has 5 nitrogen and oxygen atoms in total. The lowest BCUT2D eigenvalue weighted by Gasteiger charge is -2.13. The van der Waals surface area contributed by atoms with Gasteiger partial charge in [-0.25, -0.2) is 17.5 Å². The molecule has 7 heteroatoms. The Bertz CT molecular complexity index is 566. The first kappa shape index (κ1) is 14.6. The number of rotatable bonds is 5. The normalized spacial score (nSPS) is 13.0. The molecule has 1 unspecified atom stereocenters. The lowest BCUT2D eigenvalue weighted by Crippen LogP contribution is -2.35. The highest BCUT2D eigenvalue weighted by molar-refractivity contribution is 7.89. The fourth-order valence-electron chi connectivity index (χ4n) is 1.37. The van der Waals surface area contributed by atoms with E-state index in [9.17, 15) is 12.8 Å². The Morgan fingerprint density at radius 2 is 2.22 bits per heavy atom. The zero-order chi connectivity index (χ0) is 13.8. The number of nitrogens with zero attached hydrogens (tertiary/aromatic N) is 1. The summed E-state index contributed by atoms with van der Waals surface area (Å²) in [6, 6.07) is 4.23. The molecule has 0 saturated heterocycles. The van der Waals surface area contributed by atoms with Crippen molar-refractivity contribution in [2.24, 2.45) is 0 Å². The molecule has 0 heterocycles. The number of methoxy groups -OCH3 is 1. The topological polar surface area (TPSA) is 79.2 Å². The molecule has 0 bridgehead atoms. The zero-order valence-electron chi connectivity index (χ0n) is 9.97. The molecule has 1 rings (SSSR count). The van der Waals surface area contributed by atoms with Crippen LogP contribution in [0.15, 0.2) is 23.1 Å². The van der Waals surface area contributed by atoms with Crippen molar-refractivity contribution in [3.63, 3.8) is 0 Å². The van der Waals surface area contributed by atoms with Gasteiger partial charge in [0.2, 0.25) is 10.0 Å². The minimum Gasteiger partial charge on any atom is -0.383 e. The summed E-state index contributed by atoms with van der Waals surface area (Å²) in [5.74, 6) is -0.749. The fraction of sp³-hybridized carbons (Fsp3) is 0.364. The molecule has 0 amide bonds. The van der Waals surface area contributed by atoms with Gasteiger partial charge < -0.3 is 4.74 Å². The van der Waals surface area contributed by atoms with Crippen LogP contribution in [0.5, 0.6) is 0 Å². The van der Waals surface area contributed by atoms with Crippen LogP contribution in [-0.2, 0) is 14.8 Å². The van der Waals surface area contributed by atoms with Crippen LogP contribution in [0.25, 0.3) is 0 Å². The van der Waals surface area contributed by atoms with Crippen molar-refractivity contribution >= 4 is 10.0 Å². The van der Waals surface area contributed by atoms with Crippen LogP contribution in [0, 0.1) is 17.1 Å². The van der Waals surface area contributed by atoms with Gasteiger partial charge in [-0.15, -0.1) is 0 Å². The van der Waals surface area contributed by atoms with Crippen LogP contribution in [0.3, 0.4) is 0 Å². The molecule has 1 aromatic rings. The number of halogens is 1. The van der Waals surface area contributed by atoms with Gasteiger partial charge in [0.1, 0.15) is 11.9 Å². The molecule has 0 aliphatic rings. The molecule has 0 aliphatic carbocycles. The molecular weight excluding hydrogens is 259 g/mol. The second-order valence-electron chi connectivity index (χ2n) is 3.73. The smallest absolute Gasteiger partial charge is 0.240 e. The molecule has 1 aromatic carbocycles. The maximum Gasteiger partial charge on any atom is 0.240 e. The van der Waals surface area contributed by atoms with Crippen LogP contribution >= 0.6 is 0 Å². The van der Waals surface area contributed by atoms with Gasteiger partial charge in [-0.1, -0.05) is 0 Å². The molecule has 1 N–H and O–H groups in total. The van der Waals surface area contributed by atoms with Crippen molar-refractivity contribution in [3.8, 4) is 6.07 Å². The van der Waals surface area contributed by atoms with Crippen molar-refractivity contribution < 1.29 is 17.5 Å². The van der Waals surface area contributed by atoms with Gasteiger partial charge in [0.05, 0.1) is 17.1 Å². The van der Waals surface area contributed by atoms with Crippen molar-refractivity contribution in [1.82, 2.24) is 4.72 Å². The van der Waals surface area contributed by atoms with E-state index in [1.807, 2.05) is 0 Å². The number of sulfonamides is 1. The number of nitriles is 1. The highest BCUT2D eigenvalue weighted by Gasteiger charge is 2.18. The monoisotopic (exact) mass is 272 g/mol. The third-order valence-electron chi connectivity index (χ3n) is 2.14. The lowest BCUT2D eigenvalue weighted by atomic mass is 10.2. The second kappa shape index (κ2) is 5.91. The van der Waals surface area contributed by atoms with Crippen LogP contribution in [-0.4, -0.2) is 28.2 Å². The molecule has 0 aromatic heterocycles. The van der Waals surface area contributed by atoms with E-state index in [0.717, 1.165) is 18.2 Å². The number of benzene rings is 1. The number of nitrogens with one attached hydrogen (secondary N) is 1. The Morgan fingerprint density at radius 1 is 1.56 bits per heavy atom. The van der Waals surface area contributed by atoms with E-state index in [2.05, 4.69) is 4.72 Å². The van der Waals surface area contributed by atoms with Crippen molar-refractivity contribution in [2.75, 3.05) is 13.7 Å². The molecule has 0 aliphatic heterocycles. The largest absolute Gasteiger partial charge is 0.383 e. The predicted octanol–water partition coefficient (Wildman–Crippen LogP) is 1.01. The summed E-state index contributed by atoms with van der Waals surface area (Å²) in [6.45, 7) is 1.85. The molecule has 0 spiro atoms. The summed E-state index contributed by atoms with van der Waals surface area (Å²) < 4.78 is 44.1. The lowest BCUT2D eigenvalue weighted by molar-refractivity contribution is 0.180. The summed E-state index contributed by atoms with van der Waals surface area (Å²) in [5.41, 5.74) is -0.308. The first-order valence-electron chi connectivity index (χ1n) is 5.11. The van der Waals surface area contributed by atoms with Crippen molar-refractivity contribution in [2.45, 2.75) is 17.9 Å². The summed E-state index contributed by atoms with van der Waals surface area (Å²) in [5, 5.41) is 8.65. The average Bonchev–Trinajstić information content (AvgIpc) is 2.28. The Balaban J connectivity index is 3.03.